The van der Waals surface area contributed by atoms with Crippen LogP contribution < -0.4 is 5.32 Å². The average Bonchev–Trinajstić information content (AvgIpc) is 2.79. The molecule has 0 aliphatic rings. The molecule has 1 N–H and O–H groups in total. The van der Waals surface area contributed by atoms with E-state index in [1.807, 2.05) is 25.3 Å². The molecule has 0 atom stereocenters. The molecule has 18 heavy (non-hydrogen) atoms. The molecule has 96 valence electrons. The predicted octanol–water partition coefficient (Wildman–Crippen LogP) is 4.16. The second-order valence-electron chi connectivity index (χ2n) is 3.89. The van der Waals surface area contributed by atoms with E-state index in [1.54, 1.807) is 0 Å². The monoisotopic (exact) mass is 314 g/mol. The molecule has 1 aromatic carbocycles. The molecule has 0 spiro atoms. The first-order valence-electron chi connectivity index (χ1n) is 5.64. The van der Waals surface area contributed by atoms with Gasteiger partial charge in [0.15, 0.2) is 0 Å². The van der Waals surface area contributed by atoms with Crippen molar-refractivity contribution in [3.63, 3.8) is 0 Å². The lowest BCUT2D eigenvalue weighted by molar-refractivity contribution is 0.580. The number of hydrogen-bond acceptors (Lipinski definition) is 1. The van der Waals surface area contributed by atoms with Crippen molar-refractivity contribution >= 4 is 21.6 Å². The Morgan fingerprint density at radius 3 is 2.78 bits per heavy atom. The number of nitrogens with one attached hydrogen (secondary N) is 1. The molecule has 2 rings (SSSR count). The Bertz CT molecular complexity index is 552. The Labute approximate surface area is 113 Å². The van der Waals surface area contributed by atoms with E-state index in [9.17, 15) is 8.78 Å². The van der Waals surface area contributed by atoms with Crippen LogP contribution in [0.15, 0.2) is 34.9 Å². The second-order valence-corrected chi connectivity index (χ2v) is 4.74. The zero-order valence-corrected chi connectivity index (χ0v) is 11.5. The van der Waals surface area contributed by atoms with Crippen LogP contribution in [-0.4, -0.2) is 4.57 Å². The Hall–Kier alpha value is -1.36. The fraction of sp³-hybridized carbons (Fsp3) is 0.231. The number of benzene rings is 1. The maximum atomic E-state index is 13.5. The van der Waals surface area contributed by atoms with Crippen LogP contribution in [0, 0.1) is 11.6 Å². The molecule has 2 aromatic rings. The number of nitrogens with zero attached hydrogens (tertiary/aromatic N) is 1. The Balaban J connectivity index is 2.13. The van der Waals surface area contributed by atoms with Crippen molar-refractivity contribution in [3.05, 3.63) is 52.3 Å². The van der Waals surface area contributed by atoms with Gasteiger partial charge in [0.05, 0.1) is 16.7 Å². The molecule has 0 radical (unpaired) electrons. The third-order valence-electron chi connectivity index (χ3n) is 2.73. The van der Waals surface area contributed by atoms with Gasteiger partial charge in [-0.2, -0.15) is 0 Å². The highest BCUT2D eigenvalue weighted by atomic mass is 79.9. The van der Waals surface area contributed by atoms with Crippen molar-refractivity contribution in [1.29, 1.82) is 0 Å². The SMILES string of the molecule is CCn1cccc1CNc1cc(Br)c(F)cc1F. The molecule has 5 heteroatoms. The largest absolute Gasteiger partial charge is 0.377 e. The molecule has 1 aromatic heterocycles. The van der Waals surface area contributed by atoms with Crippen LogP contribution in [0.25, 0.3) is 0 Å². The summed E-state index contributed by atoms with van der Waals surface area (Å²) >= 11 is 3.04. The molecular formula is C13H13BrF2N2. The quantitative estimate of drug-likeness (QED) is 0.838. The molecule has 0 aliphatic carbocycles. The molecule has 0 saturated heterocycles. The summed E-state index contributed by atoms with van der Waals surface area (Å²) < 4.78 is 28.9. The van der Waals surface area contributed by atoms with Crippen LogP contribution in [0.4, 0.5) is 14.5 Å². The zero-order valence-electron chi connectivity index (χ0n) is 9.88. The first-order valence-corrected chi connectivity index (χ1v) is 6.43. The van der Waals surface area contributed by atoms with Gasteiger partial charge in [-0.25, -0.2) is 8.78 Å². The van der Waals surface area contributed by atoms with Crippen LogP contribution in [-0.2, 0) is 13.1 Å². The second kappa shape index (κ2) is 5.52. The summed E-state index contributed by atoms with van der Waals surface area (Å²) in [5, 5.41) is 2.97. The molecule has 0 amide bonds. The van der Waals surface area contributed by atoms with Crippen molar-refractivity contribution in [1.82, 2.24) is 4.57 Å². The predicted molar refractivity (Wildman–Crippen MR) is 71.5 cm³/mol. The van der Waals surface area contributed by atoms with Crippen LogP contribution in [0.1, 0.15) is 12.6 Å². The van der Waals surface area contributed by atoms with Gasteiger partial charge in [-0.05, 0) is 41.1 Å². The Morgan fingerprint density at radius 1 is 1.28 bits per heavy atom. The summed E-state index contributed by atoms with van der Waals surface area (Å²) in [6, 6.07) is 6.18. The lowest BCUT2D eigenvalue weighted by Crippen LogP contribution is -2.07. The van der Waals surface area contributed by atoms with E-state index < -0.39 is 11.6 Å². The number of anilines is 1. The Kier molecular flexibility index (Phi) is 4.01. The van der Waals surface area contributed by atoms with Gasteiger partial charge in [0.1, 0.15) is 11.6 Å². The van der Waals surface area contributed by atoms with E-state index in [4.69, 9.17) is 0 Å². The van der Waals surface area contributed by atoms with E-state index in [1.165, 1.54) is 6.07 Å². The number of rotatable bonds is 4. The molecule has 1 heterocycles. The van der Waals surface area contributed by atoms with Gasteiger partial charge in [-0.3, -0.25) is 0 Å². The summed E-state index contributed by atoms with van der Waals surface area (Å²) in [5.74, 6) is -1.19. The van der Waals surface area contributed by atoms with Crippen molar-refractivity contribution in [3.8, 4) is 0 Å². The molecule has 0 aliphatic heterocycles. The average molecular weight is 315 g/mol. The first-order chi connectivity index (χ1) is 8.61. The fourth-order valence-corrected chi connectivity index (χ4v) is 2.11. The zero-order chi connectivity index (χ0) is 13.1. The summed E-state index contributed by atoms with van der Waals surface area (Å²) in [7, 11) is 0. The number of halogens is 3. The van der Waals surface area contributed by atoms with Crippen LogP contribution in [0.5, 0.6) is 0 Å². The topological polar surface area (TPSA) is 17.0 Å². The van der Waals surface area contributed by atoms with Gasteiger partial charge in [-0.1, -0.05) is 0 Å². The summed E-state index contributed by atoms with van der Waals surface area (Å²) in [6.07, 6.45) is 1.97. The molecule has 0 saturated carbocycles. The number of aryl methyl sites for hydroxylation is 1. The minimum absolute atomic E-state index is 0.247. The molecular weight excluding hydrogens is 302 g/mol. The number of aromatic nitrogens is 1. The summed E-state index contributed by atoms with van der Waals surface area (Å²) in [5.41, 5.74) is 1.34. The molecule has 0 bridgehead atoms. The third-order valence-corrected chi connectivity index (χ3v) is 3.34. The Morgan fingerprint density at radius 2 is 2.06 bits per heavy atom. The lowest BCUT2D eigenvalue weighted by atomic mass is 10.3. The smallest absolute Gasteiger partial charge is 0.149 e. The summed E-state index contributed by atoms with van der Waals surface area (Å²) in [6.45, 7) is 3.40. The normalized spacial score (nSPS) is 10.7. The van der Waals surface area contributed by atoms with E-state index in [-0.39, 0.29) is 10.2 Å². The van der Waals surface area contributed by atoms with Crippen molar-refractivity contribution in [2.75, 3.05) is 5.32 Å². The molecule has 0 unspecified atom stereocenters. The highest BCUT2D eigenvalue weighted by molar-refractivity contribution is 9.10. The van der Waals surface area contributed by atoms with Gasteiger partial charge < -0.3 is 9.88 Å². The number of hydrogen-bond donors (Lipinski definition) is 1. The highest BCUT2D eigenvalue weighted by Crippen LogP contribution is 2.24. The third kappa shape index (κ3) is 2.72. The first kappa shape index (κ1) is 13.1. The van der Waals surface area contributed by atoms with Gasteiger partial charge in [0.25, 0.3) is 0 Å². The summed E-state index contributed by atoms with van der Waals surface area (Å²) in [4.78, 5) is 0. The standard InChI is InChI=1S/C13H13BrF2N2/c1-2-18-5-3-4-9(18)8-17-13-6-10(14)11(15)7-12(13)16/h3-7,17H,2,8H2,1H3. The van der Waals surface area contributed by atoms with Gasteiger partial charge in [-0.15, -0.1) is 0 Å². The minimum atomic E-state index is -0.602. The van der Waals surface area contributed by atoms with Crippen LogP contribution in [0.3, 0.4) is 0 Å². The van der Waals surface area contributed by atoms with E-state index in [0.717, 1.165) is 18.3 Å². The molecule has 2 nitrogen and oxygen atoms in total. The van der Waals surface area contributed by atoms with E-state index in [0.29, 0.717) is 6.54 Å². The fourth-order valence-electron chi connectivity index (χ4n) is 1.76. The van der Waals surface area contributed by atoms with E-state index >= 15 is 0 Å². The van der Waals surface area contributed by atoms with Crippen molar-refractivity contribution in [2.45, 2.75) is 20.0 Å². The van der Waals surface area contributed by atoms with Gasteiger partial charge in [0.2, 0.25) is 0 Å². The highest BCUT2D eigenvalue weighted by Gasteiger charge is 2.08. The van der Waals surface area contributed by atoms with Crippen molar-refractivity contribution < 1.29 is 8.78 Å². The van der Waals surface area contributed by atoms with E-state index in [2.05, 4.69) is 25.8 Å². The van der Waals surface area contributed by atoms with Gasteiger partial charge in [0, 0.05) is 24.5 Å². The lowest BCUT2D eigenvalue weighted by Gasteiger charge is -2.10. The minimum Gasteiger partial charge on any atom is -0.377 e. The van der Waals surface area contributed by atoms with Gasteiger partial charge >= 0.3 is 0 Å². The van der Waals surface area contributed by atoms with Crippen molar-refractivity contribution in [2.24, 2.45) is 0 Å². The maximum absolute atomic E-state index is 13.5. The van der Waals surface area contributed by atoms with Crippen LogP contribution >= 0.6 is 15.9 Å². The maximum Gasteiger partial charge on any atom is 0.149 e. The van der Waals surface area contributed by atoms with Crippen LogP contribution in [0.2, 0.25) is 0 Å². The molecule has 0 fully saturated rings.